The average Bonchev–Trinajstić information content (AvgIpc) is 3.54. The molecule has 0 unspecified atom stereocenters. The van der Waals surface area contributed by atoms with Gasteiger partial charge in [0.15, 0.2) is 0 Å². The SMILES string of the molecule is c1ccc(-c2c3cc(N(c4ccccc4)c4ccc5ccccc5c4)ccc3c(N3c4ccccc4CCc4ccccc43)c3cc(N(c4ccccc4)c4ccccc4)ccc23)cc1. The molecule has 0 radical (unpaired) electrons. The van der Waals surface area contributed by atoms with Gasteiger partial charge in [-0.3, -0.25) is 0 Å². The Morgan fingerprint density at radius 2 is 0.723 bits per heavy atom. The zero-order valence-corrected chi connectivity index (χ0v) is 35.9. The maximum atomic E-state index is 2.58. The topological polar surface area (TPSA) is 9.72 Å². The highest BCUT2D eigenvalue weighted by molar-refractivity contribution is 6.24. The second-order valence-electron chi connectivity index (χ2n) is 16.9. The van der Waals surface area contributed by atoms with Crippen LogP contribution in [-0.4, -0.2) is 0 Å². The Kier molecular flexibility index (Phi) is 9.65. The van der Waals surface area contributed by atoms with Gasteiger partial charge in [-0.2, -0.15) is 0 Å². The number of fused-ring (bicyclic) bond motifs is 5. The van der Waals surface area contributed by atoms with Crippen LogP contribution in [0.2, 0.25) is 0 Å². The van der Waals surface area contributed by atoms with Crippen LogP contribution in [0.15, 0.2) is 249 Å². The van der Waals surface area contributed by atoms with E-state index in [1.54, 1.807) is 0 Å². The summed E-state index contributed by atoms with van der Waals surface area (Å²) in [6.45, 7) is 0. The molecule has 12 rings (SSSR count). The van der Waals surface area contributed by atoms with E-state index in [9.17, 15) is 0 Å². The van der Waals surface area contributed by atoms with Gasteiger partial charge in [0.25, 0.3) is 0 Å². The molecule has 0 fully saturated rings. The predicted molar refractivity (Wildman–Crippen MR) is 276 cm³/mol. The molecule has 3 nitrogen and oxygen atoms in total. The predicted octanol–water partition coefficient (Wildman–Crippen LogP) is 17.3. The Morgan fingerprint density at radius 3 is 1.31 bits per heavy atom. The lowest BCUT2D eigenvalue weighted by Crippen LogP contribution is -2.14. The molecule has 11 aromatic carbocycles. The molecule has 0 saturated heterocycles. The maximum Gasteiger partial charge on any atom is 0.0619 e. The van der Waals surface area contributed by atoms with Crippen LogP contribution in [-0.2, 0) is 12.8 Å². The minimum atomic E-state index is 0.963. The standard InChI is InChI=1S/C62H45N3/c1-5-22-47(23-6-1)61-55-39-37-54(63(49-25-7-2-8-26-49)50-27-9-3-10-28-50)43-58(55)62(65-59-31-17-15-20-45(59)33-34-46-21-16-18-32-60(46)65)56-40-38-53(42-57(56)61)64(51-29-11-4-12-30-51)52-36-35-44-19-13-14-24-48(44)41-52/h1-32,35-43H,33-34H2. The van der Waals surface area contributed by atoms with Crippen molar-refractivity contribution < 1.29 is 0 Å². The van der Waals surface area contributed by atoms with Crippen LogP contribution in [0.25, 0.3) is 43.4 Å². The molecule has 0 aromatic heterocycles. The summed E-state index contributed by atoms with van der Waals surface area (Å²) in [5.41, 5.74) is 15.3. The molecule has 11 aromatic rings. The summed E-state index contributed by atoms with van der Waals surface area (Å²) in [5, 5.41) is 7.17. The van der Waals surface area contributed by atoms with E-state index in [1.807, 2.05) is 0 Å². The van der Waals surface area contributed by atoms with Crippen LogP contribution in [0.1, 0.15) is 11.1 Å². The minimum absolute atomic E-state index is 0.963. The monoisotopic (exact) mass is 831 g/mol. The van der Waals surface area contributed by atoms with Crippen LogP contribution in [0, 0.1) is 0 Å². The zero-order valence-electron chi connectivity index (χ0n) is 35.9. The van der Waals surface area contributed by atoms with Gasteiger partial charge in [-0.15, -0.1) is 0 Å². The number of hydrogen-bond acceptors (Lipinski definition) is 3. The van der Waals surface area contributed by atoms with Crippen molar-refractivity contribution in [3.05, 3.63) is 260 Å². The Bertz CT molecular complexity index is 3410. The van der Waals surface area contributed by atoms with E-state index in [0.29, 0.717) is 0 Å². The third kappa shape index (κ3) is 6.86. The van der Waals surface area contributed by atoms with Gasteiger partial charge >= 0.3 is 0 Å². The van der Waals surface area contributed by atoms with Crippen LogP contribution >= 0.6 is 0 Å². The van der Waals surface area contributed by atoms with Crippen molar-refractivity contribution >= 4 is 83.5 Å². The number of aryl methyl sites for hydroxylation is 2. The van der Waals surface area contributed by atoms with E-state index in [4.69, 9.17) is 0 Å². The molecule has 0 saturated carbocycles. The summed E-state index contributed by atoms with van der Waals surface area (Å²) < 4.78 is 0. The fraction of sp³-hybridized carbons (Fsp3) is 0.0323. The summed E-state index contributed by atoms with van der Waals surface area (Å²) in [5.74, 6) is 0. The Hall–Kier alpha value is -8.40. The van der Waals surface area contributed by atoms with Crippen molar-refractivity contribution in [2.75, 3.05) is 14.7 Å². The molecule has 308 valence electrons. The highest BCUT2D eigenvalue weighted by Crippen LogP contribution is 2.53. The number of nitrogens with zero attached hydrogens (tertiary/aromatic N) is 3. The molecule has 3 heteroatoms. The molecule has 0 spiro atoms. The Labute approximate surface area is 380 Å². The molecular formula is C62H45N3. The van der Waals surface area contributed by atoms with Crippen LogP contribution in [0.4, 0.5) is 51.2 Å². The fourth-order valence-corrected chi connectivity index (χ4v) is 10.1. The number of anilines is 9. The molecule has 1 heterocycles. The van der Waals surface area contributed by atoms with Crippen molar-refractivity contribution in [1.82, 2.24) is 0 Å². The molecule has 0 amide bonds. The van der Waals surface area contributed by atoms with E-state index in [2.05, 4.69) is 263 Å². The first kappa shape index (κ1) is 38.3. The normalized spacial score (nSPS) is 12.2. The summed E-state index contributed by atoms with van der Waals surface area (Å²) in [6.07, 6.45) is 1.93. The van der Waals surface area contributed by atoms with Gasteiger partial charge in [-0.05, 0) is 142 Å². The van der Waals surface area contributed by atoms with Crippen molar-refractivity contribution in [3.8, 4) is 11.1 Å². The molecular weight excluding hydrogens is 787 g/mol. The minimum Gasteiger partial charge on any atom is -0.310 e. The lowest BCUT2D eigenvalue weighted by Gasteiger charge is -2.32. The summed E-state index contributed by atoms with van der Waals surface area (Å²) >= 11 is 0. The third-order valence-corrected chi connectivity index (χ3v) is 13.0. The van der Waals surface area contributed by atoms with E-state index in [0.717, 1.165) is 47.0 Å². The lowest BCUT2D eigenvalue weighted by atomic mass is 9.88. The van der Waals surface area contributed by atoms with Gasteiger partial charge in [-0.1, -0.05) is 164 Å². The smallest absolute Gasteiger partial charge is 0.0619 e. The van der Waals surface area contributed by atoms with E-state index in [-0.39, 0.29) is 0 Å². The molecule has 0 aliphatic carbocycles. The fourth-order valence-electron chi connectivity index (χ4n) is 10.1. The molecule has 1 aliphatic rings. The molecule has 0 bridgehead atoms. The highest BCUT2D eigenvalue weighted by atomic mass is 15.2. The number of rotatable bonds is 8. The van der Waals surface area contributed by atoms with E-state index >= 15 is 0 Å². The van der Waals surface area contributed by atoms with Crippen LogP contribution in [0.3, 0.4) is 0 Å². The molecule has 65 heavy (non-hydrogen) atoms. The van der Waals surface area contributed by atoms with Gasteiger partial charge in [0.1, 0.15) is 0 Å². The summed E-state index contributed by atoms with van der Waals surface area (Å²) in [7, 11) is 0. The van der Waals surface area contributed by atoms with Gasteiger partial charge in [0, 0.05) is 56.3 Å². The zero-order chi connectivity index (χ0) is 43.1. The Morgan fingerprint density at radius 1 is 0.292 bits per heavy atom. The van der Waals surface area contributed by atoms with Gasteiger partial charge in [-0.25, -0.2) is 0 Å². The third-order valence-electron chi connectivity index (χ3n) is 13.0. The van der Waals surface area contributed by atoms with Gasteiger partial charge in [0.2, 0.25) is 0 Å². The largest absolute Gasteiger partial charge is 0.310 e. The number of hydrogen-bond donors (Lipinski definition) is 0. The van der Waals surface area contributed by atoms with Crippen molar-refractivity contribution in [2.45, 2.75) is 12.8 Å². The second-order valence-corrected chi connectivity index (χ2v) is 16.9. The Balaban J connectivity index is 1.21. The molecule has 0 N–H and O–H groups in total. The number of para-hydroxylation sites is 5. The molecule has 1 aliphatic heterocycles. The average molecular weight is 832 g/mol. The first-order valence-electron chi connectivity index (χ1n) is 22.6. The van der Waals surface area contributed by atoms with Crippen molar-refractivity contribution in [3.63, 3.8) is 0 Å². The first-order chi connectivity index (χ1) is 32.3. The van der Waals surface area contributed by atoms with Crippen LogP contribution in [0.5, 0.6) is 0 Å². The van der Waals surface area contributed by atoms with Gasteiger partial charge < -0.3 is 14.7 Å². The molecule has 0 atom stereocenters. The highest BCUT2D eigenvalue weighted by Gasteiger charge is 2.28. The maximum absolute atomic E-state index is 2.58. The quantitative estimate of drug-likeness (QED) is 0.141. The van der Waals surface area contributed by atoms with E-state index < -0.39 is 0 Å². The second kappa shape index (κ2) is 16.4. The van der Waals surface area contributed by atoms with Gasteiger partial charge in [0.05, 0.1) is 5.69 Å². The summed E-state index contributed by atoms with van der Waals surface area (Å²) in [4.78, 5) is 7.36. The first-order valence-corrected chi connectivity index (χ1v) is 22.6. The summed E-state index contributed by atoms with van der Waals surface area (Å²) in [6, 6.07) is 90.9. The lowest BCUT2D eigenvalue weighted by molar-refractivity contribution is 0.977. The van der Waals surface area contributed by atoms with Crippen molar-refractivity contribution in [2.24, 2.45) is 0 Å². The number of benzene rings is 11. The van der Waals surface area contributed by atoms with Crippen LogP contribution < -0.4 is 14.7 Å². The van der Waals surface area contributed by atoms with Crippen molar-refractivity contribution in [1.29, 1.82) is 0 Å². The van der Waals surface area contributed by atoms with E-state index in [1.165, 1.54) is 71.6 Å².